The van der Waals surface area contributed by atoms with Crippen molar-refractivity contribution in [1.82, 2.24) is 10.6 Å². The van der Waals surface area contributed by atoms with E-state index < -0.39 is 98.3 Å². The average Bonchev–Trinajstić information content (AvgIpc) is 2.78. The number of carbonyl (C=O) groups excluding carboxylic acids is 4. The van der Waals surface area contributed by atoms with Crippen molar-refractivity contribution in [1.29, 1.82) is 0 Å². The van der Waals surface area contributed by atoms with Crippen LogP contribution in [0.4, 0.5) is 0 Å². The van der Waals surface area contributed by atoms with Gasteiger partial charge in [-0.15, -0.1) is 0 Å². The first-order valence-electron chi connectivity index (χ1n) is 11.2. The Kier molecular flexibility index (Phi) is 11.0. The van der Waals surface area contributed by atoms with E-state index >= 15 is 0 Å². The third kappa shape index (κ3) is 7.32. The van der Waals surface area contributed by atoms with Crippen LogP contribution in [-0.4, -0.2) is 121 Å². The summed E-state index contributed by atoms with van der Waals surface area (Å²) in [7, 11) is 1.30. The number of carbonyl (C=O) groups is 4. The first kappa shape index (κ1) is 29.8. The normalized spacial score (nSPS) is 36.4. The Morgan fingerprint density at radius 3 is 1.67 bits per heavy atom. The van der Waals surface area contributed by atoms with Crippen LogP contribution in [0, 0.1) is 0 Å². The maximum Gasteiger partial charge on any atom is 0.303 e. The molecule has 10 atom stereocenters. The second-order valence-electron chi connectivity index (χ2n) is 8.37. The largest absolute Gasteiger partial charge is 0.457 e. The zero-order valence-electron chi connectivity index (χ0n) is 20.6. The SMILES string of the molecule is CO[C@@H]1[C@H](OC(C)=O)[C@@H](NC(C)=O)[C@@H](O[C@@H]2[C@H](OC(C)=O)[C@@H](NC(C)=O)[C@@H](O)O[C@@H]2CO)O[C@@H]1CO. The third-order valence-corrected chi connectivity index (χ3v) is 5.58. The van der Waals surface area contributed by atoms with Crippen LogP contribution in [0.3, 0.4) is 0 Å². The van der Waals surface area contributed by atoms with Crippen LogP contribution in [0.15, 0.2) is 0 Å². The fraction of sp³-hybridized carbons (Fsp3) is 0.810. The van der Waals surface area contributed by atoms with Gasteiger partial charge in [-0.05, 0) is 0 Å². The number of amides is 2. The highest BCUT2D eigenvalue weighted by Gasteiger charge is 2.54. The summed E-state index contributed by atoms with van der Waals surface area (Å²) in [6.07, 6.45) is -10.4. The highest BCUT2D eigenvalue weighted by Crippen LogP contribution is 2.32. The van der Waals surface area contributed by atoms with Gasteiger partial charge in [0.1, 0.15) is 36.5 Å². The Morgan fingerprint density at radius 2 is 1.22 bits per heavy atom. The second kappa shape index (κ2) is 13.2. The molecule has 0 saturated carbocycles. The van der Waals surface area contributed by atoms with E-state index in [0.29, 0.717) is 0 Å². The molecule has 0 aromatic carbocycles. The number of ether oxygens (including phenoxy) is 6. The summed E-state index contributed by atoms with van der Waals surface area (Å²) in [5.41, 5.74) is 0. The minimum absolute atomic E-state index is 0.548. The van der Waals surface area contributed by atoms with Crippen LogP contribution < -0.4 is 10.6 Å². The molecule has 36 heavy (non-hydrogen) atoms. The number of aliphatic hydroxyl groups excluding tert-OH is 3. The quantitative estimate of drug-likeness (QED) is 0.188. The van der Waals surface area contributed by atoms with Gasteiger partial charge in [-0.3, -0.25) is 19.2 Å². The monoisotopic (exact) mass is 522 g/mol. The van der Waals surface area contributed by atoms with Crippen molar-refractivity contribution in [2.24, 2.45) is 0 Å². The fourth-order valence-electron chi connectivity index (χ4n) is 4.28. The molecular formula is C21H34N2O13. The first-order valence-corrected chi connectivity index (χ1v) is 11.2. The summed E-state index contributed by atoms with van der Waals surface area (Å²) < 4.78 is 33.3. The number of esters is 2. The summed E-state index contributed by atoms with van der Waals surface area (Å²) in [5.74, 6) is -2.63. The Balaban J connectivity index is 2.50. The van der Waals surface area contributed by atoms with Crippen LogP contribution in [0.1, 0.15) is 27.7 Å². The van der Waals surface area contributed by atoms with Crippen molar-refractivity contribution < 1.29 is 62.9 Å². The second-order valence-corrected chi connectivity index (χ2v) is 8.37. The average molecular weight is 523 g/mol. The predicted molar refractivity (Wildman–Crippen MR) is 116 cm³/mol. The lowest BCUT2D eigenvalue weighted by Crippen LogP contribution is -2.70. The number of nitrogens with one attached hydrogen (secondary N) is 2. The minimum Gasteiger partial charge on any atom is -0.457 e. The van der Waals surface area contributed by atoms with E-state index in [9.17, 15) is 34.5 Å². The van der Waals surface area contributed by atoms with E-state index in [4.69, 9.17) is 28.4 Å². The molecule has 2 aliphatic rings. The van der Waals surface area contributed by atoms with E-state index in [1.54, 1.807) is 0 Å². The topological polar surface area (TPSA) is 208 Å². The molecule has 206 valence electrons. The van der Waals surface area contributed by atoms with Gasteiger partial charge in [0, 0.05) is 34.8 Å². The van der Waals surface area contributed by atoms with Crippen molar-refractivity contribution in [2.75, 3.05) is 20.3 Å². The first-order chi connectivity index (χ1) is 16.9. The number of aliphatic hydroxyl groups is 3. The summed E-state index contributed by atoms with van der Waals surface area (Å²) >= 11 is 0. The molecule has 5 N–H and O–H groups in total. The summed E-state index contributed by atoms with van der Waals surface area (Å²) in [5, 5.41) is 35.2. The molecule has 0 aliphatic carbocycles. The molecule has 2 fully saturated rings. The molecule has 15 heteroatoms. The molecular weight excluding hydrogens is 488 g/mol. The van der Waals surface area contributed by atoms with Crippen LogP contribution in [-0.2, 0) is 47.6 Å². The number of hydrogen-bond donors (Lipinski definition) is 5. The molecule has 15 nitrogen and oxygen atoms in total. The third-order valence-electron chi connectivity index (χ3n) is 5.58. The Morgan fingerprint density at radius 1 is 0.750 bits per heavy atom. The van der Waals surface area contributed by atoms with Gasteiger partial charge in [-0.2, -0.15) is 0 Å². The number of hydrogen-bond acceptors (Lipinski definition) is 13. The van der Waals surface area contributed by atoms with Crippen molar-refractivity contribution in [3.05, 3.63) is 0 Å². The molecule has 0 radical (unpaired) electrons. The fourth-order valence-corrected chi connectivity index (χ4v) is 4.28. The molecule has 0 bridgehead atoms. The molecule has 2 heterocycles. The van der Waals surface area contributed by atoms with Crippen LogP contribution in [0.5, 0.6) is 0 Å². The van der Waals surface area contributed by atoms with Gasteiger partial charge < -0.3 is 54.4 Å². The van der Waals surface area contributed by atoms with Crippen molar-refractivity contribution in [3.63, 3.8) is 0 Å². The van der Waals surface area contributed by atoms with Gasteiger partial charge in [0.25, 0.3) is 0 Å². The molecule has 2 amide bonds. The van der Waals surface area contributed by atoms with Gasteiger partial charge in [0.15, 0.2) is 24.8 Å². The lowest BCUT2D eigenvalue weighted by molar-refractivity contribution is -0.330. The maximum atomic E-state index is 12.0. The van der Waals surface area contributed by atoms with E-state index in [1.165, 1.54) is 21.0 Å². The zero-order valence-corrected chi connectivity index (χ0v) is 20.6. The van der Waals surface area contributed by atoms with Crippen molar-refractivity contribution in [2.45, 2.75) is 89.0 Å². The highest BCUT2D eigenvalue weighted by molar-refractivity contribution is 5.74. The Bertz CT molecular complexity index is 796. The molecule has 2 saturated heterocycles. The Labute approximate surface area is 207 Å². The Hall–Kier alpha value is -2.40. The number of rotatable bonds is 9. The molecule has 0 aromatic rings. The lowest BCUT2D eigenvalue weighted by atomic mass is 9.94. The molecule has 0 aromatic heterocycles. The van der Waals surface area contributed by atoms with Gasteiger partial charge in [0.2, 0.25) is 11.8 Å². The van der Waals surface area contributed by atoms with Crippen LogP contribution >= 0.6 is 0 Å². The van der Waals surface area contributed by atoms with Gasteiger partial charge in [-0.25, -0.2) is 0 Å². The van der Waals surface area contributed by atoms with Crippen LogP contribution in [0.25, 0.3) is 0 Å². The predicted octanol–water partition coefficient (Wildman–Crippen LogP) is -3.31. The van der Waals surface area contributed by atoms with Gasteiger partial charge in [0.05, 0.1) is 13.2 Å². The maximum absolute atomic E-state index is 12.0. The van der Waals surface area contributed by atoms with Crippen molar-refractivity contribution in [3.8, 4) is 0 Å². The molecule has 2 aliphatic heterocycles. The number of methoxy groups -OCH3 is 1. The van der Waals surface area contributed by atoms with Gasteiger partial charge >= 0.3 is 11.9 Å². The summed E-state index contributed by atoms with van der Waals surface area (Å²) in [6.45, 7) is 3.31. The van der Waals surface area contributed by atoms with E-state index in [-0.39, 0.29) is 0 Å². The van der Waals surface area contributed by atoms with Crippen molar-refractivity contribution >= 4 is 23.8 Å². The smallest absolute Gasteiger partial charge is 0.303 e. The zero-order chi connectivity index (χ0) is 27.2. The van der Waals surface area contributed by atoms with Gasteiger partial charge in [-0.1, -0.05) is 0 Å². The minimum atomic E-state index is -1.68. The highest BCUT2D eigenvalue weighted by atomic mass is 16.7. The van der Waals surface area contributed by atoms with E-state index in [1.807, 2.05) is 0 Å². The van der Waals surface area contributed by atoms with Crippen LogP contribution in [0.2, 0.25) is 0 Å². The van der Waals surface area contributed by atoms with E-state index in [0.717, 1.165) is 13.8 Å². The van der Waals surface area contributed by atoms with E-state index in [2.05, 4.69) is 10.6 Å². The molecule has 0 unspecified atom stereocenters. The molecule has 0 spiro atoms. The lowest BCUT2D eigenvalue weighted by Gasteiger charge is -2.49. The standard InChI is InChI=1S/C21H34N2O13/c1-8(26)22-14-18(32-10(3)28)17(13(7-25)34-20(14)30)36-21-15(23-9(2)27)19(33-11(4)29)16(31-5)12(6-24)35-21/h12-21,24-25,30H,6-7H2,1-5H3,(H,22,26)(H,23,27)/t12-,13-,14-,15-,16+,17+,18-,19-,20+,21-/m1/s1. The molecule has 2 rings (SSSR count). The summed E-state index contributed by atoms with van der Waals surface area (Å²) in [6, 6.07) is -2.49. The summed E-state index contributed by atoms with van der Waals surface area (Å²) in [4.78, 5) is 47.5.